The van der Waals surface area contributed by atoms with Crippen LogP contribution < -0.4 is 4.90 Å². The Hall–Kier alpha value is -2.79. The Morgan fingerprint density at radius 3 is 2.73 bits per heavy atom. The minimum absolute atomic E-state index is 0.253. The number of fused-ring (bicyclic) bond motifs is 5. The maximum atomic E-state index is 13.4. The first-order chi connectivity index (χ1) is 12.5. The number of aromatic nitrogens is 1. The van der Waals surface area contributed by atoms with Gasteiger partial charge in [-0.2, -0.15) is 0 Å². The zero-order valence-corrected chi connectivity index (χ0v) is 14.9. The standard InChI is InChI=1S/C20H16ClN3O2/c1-20-17-15(14-7-2-3-8-16(14)22-17)9-10-23(20)19(26)24(18(20)25)13-6-4-5-12(21)11-13/h2-8,11,22H,9-10H2,1H3/t20-/m1/s1. The van der Waals surface area contributed by atoms with Gasteiger partial charge in [-0.3, -0.25) is 4.79 Å². The summed E-state index contributed by atoms with van der Waals surface area (Å²) in [5.74, 6) is -0.253. The number of imide groups is 1. The second-order valence-corrected chi connectivity index (χ2v) is 7.34. The van der Waals surface area contributed by atoms with Gasteiger partial charge >= 0.3 is 6.03 Å². The number of carbonyl (C=O) groups excluding carboxylic acids is 2. The van der Waals surface area contributed by atoms with Gasteiger partial charge in [-0.05, 0) is 43.2 Å². The molecule has 1 aromatic heterocycles. The number of nitrogens with zero attached hydrogens (tertiary/aromatic N) is 2. The minimum Gasteiger partial charge on any atom is -0.356 e. The normalized spacial score (nSPS) is 22.1. The Labute approximate surface area is 155 Å². The summed E-state index contributed by atoms with van der Waals surface area (Å²) in [6.45, 7) is 2.33. The summed E-state index contributed by atoms with van der Waals surface area (Å²) in [4.78, 5) is 32.8. The molecule has 5 rings (SSSR count). The van der Waals surface area contributed by atoms with Crippen LogP contribution in [0.15, 0.2) is 48.5 Å². The number of para-hydroxylation sites is 1. The molecule has 1 N–H and O–H groups in total. The fourth-order valence-corrected chi connectivity index (χ4v) is 4.42. The molecular formula is C20H16ClN3O2. The Balaban J connectivity index is 1.71. The highest BCUT2D eigenvalue weighted by Crippen LogP contribution is 2.45. The largest absolute Gasteiger partial charge is 0.356 e. The van der Waals surface area contributed by atoms with Crippen molar-refractivity contribution in [1.29, 1.82) is 0 Å². The number of hydrogen-bond donors (Lipinski definition) is 1. The lowest BCUT2D eigenvalue weighted by Crippen LogP contribution is -2.49. The molecule has 0 bridgehead atoms. The molecule has 5 nitrogen and oxygen atoms in total. The van der Waals surface area contributed by atoms with Gasteiger partial charge in [0.25, 0.3) is 5.91 Å². The van der Waals surface area contributed by atoms with Gasteiger partial charge in [0.2, 0.25) is 0 Å². The van der Waals surface area contributed by atoms with E-state index in [1.54, 1.807) is 29.2 Å². The molecule has 2 aliphatic rings. The van der Waals surface area contributed by atoms with E-state index in [1.807, 2.05) is 25.1 Å². The topological polar surface area (TPSA) is 56.4 Å². The number of urea groups is 1. The third-order valence-electron chi connectivity index (χ3n) is 5.53. The Morgan fingerprint density at radius 2 is 1.92 bits per heavy atom. The Bertz CT molecular complexity index is 1090. The van der Waals surface area contributed by atoms with Crippen LogP contribution in [0.3, 0.4) is 0 Å². The number of aromatic amines is 1. The molecule has 0 unspecified atom stereocenters. The van der Waals surface area contributed by atoms with E-state index in [4.69, 9.17) is 11.6 Å². The summed E-state index contributed by atoms with van der Waals surface area (Å²) in [5.41, 5.74) is 2.38. The molecule has 26 heavy (non-hydrogen) atoms. The molecule has 1 atom stereocenters. The maximum Gasteiger partial charge on any atom is 0.332 e. The third-order valence-corrected chi connectivity index (χ3v) is 5.77. The van der Waals surface area contributed by atoms with Crippen LogP contribution in [0.5, 0.6) is 0 Å². The van der Waals surface area contributed by atoms with Crippen LogP contribution in [0.2, 0.25) is 5.02 Å². The number of rotatable bonds is 1. The number of amides is 3. The van der Waals surface area contributed by atoms with Crippen LogP contribution in [0.1, 0.15) is 18.2 Å². The second kappa shape index (κ2) is 5.11. The molecule has 3 aromatic rings. The van der Waals surface area contributed by atoms with Crippen molar-refractivity contribution in [1.82, 2.24) is 9.88 Å². The number of benzene rings is 2. The highest BCUT2D eigenvalue weighted by molar-refractivity contribution is 6.31. The van der Waals surface area contributed by atoms with Gasteiger partial charge in [0.05, 0.1) is 11.4 Å². The maximum absolute atomic E-state index is 13.4. The van der Waals surface area contributed by atoms with Crippen molar-refractivity contribution in [3.63, 3.8) is 0 Å². The highest BCUT2D eigenvalue weighted by Gasteiger charge is 2.58. The van der Waals surface area contributed by atoms with Gasteiger partial charge in [-0.25, -0.2) is 9.69 Å². The van der Waals surface area contributed by atoms with Crippen molar-refractivity contribution in [2.45, 2.75) is 18.9 Å². The van der Waals surface area contributed by atoms with E-state index < -0.39 is 5.54 Å². The Morgan fingerprint density at radius 1 is 1.12 bits per heavy atom. The zero-order valence-electron chi connectivity index (χ0n) is 14.1. The number of carbonyl (C=O) groups is 2. The molecule has 0 saturated carbocycles. The van der Waals surface area contributed by atoms with Crippen LogP contribution >= 0.6 is 11.6 Å². The molecule has 2 aromatic carbocycles. The number of hydrogen-bond acceptors (Lipinski definition) is 2. The Kier molecular flexibility index (Phi) is 3.04. The summed E-state index contributed by atoms with van der Waals surface area (Å²) in [6.07, 6.45) is 0.720. The van der Waals surface area contributed by atoms with Gasteiger partial charge in [0, 0.05) is 22.5 Å². The van der Waals surface area contributed by atoms with Crippen molar-refractivity contribution < 1.29 is 9.59 Å². The van der Waals surface area contributed by atoms with E-state index in [0.29, 0.717) is 17.3 Å². The average Bonchev–Trinajstić information content (AvgIpc) is 3.10. The van der Waals surface area contributed by atoms with Gasteiger partial charge in [-0.15, -0.1) is 0 Å². The molecule has 3 heterocycles. The summed E-state index contributed by atoms with van der Waals surface area (Å²) in [7, 11) is 0. The van der Waals surface area contributed by atoms with Crippen molar-refractivity contribution in [2.24, 2.45) is 0 Å². The average molecular weight is 366 g/mol. The molecule has 3 amide bonds. The number of anilines is 1. The summed E-state index contributed by atoms with van der Waals surface area (Å²) >= 11 is 6.07. The van der Waals surface area contributed by atoms with Crippen molar-refractivity contribution in [2.75, 3.05) is 11.4 Å². The second-order valence-electron chi connectivity index (χ2n) is 6.90. The molecule has 1 fully saturated rings. The lowest BCUT2D eigenvalue weighted by Gasteiger charge is -2.35. The summed E-state index contributed by atoms with van der Waals surface area (Å²) < 4.78 is 0. The van der Waals surface area contributed by atoms with E-state index in [-0.39, 0.29) is 11.9 Å². The van der Waals surface area contributed by atoms with Crippen molar-refractivity contribution >= 4 is 40.1 Å². The molecule has 0 spiro atoms. The van der Waals surface area contributed by atoms with E-state index in [1.165, 1.54) is 4.90 Å². The van der Waals surface area contributed by atoms with Crippen LogP contribution in [0.4, 0.5) is 10.5 Å². The highest BCUT2D eigenvalue weighted by atomic mass is 35.5. The SMILES string of the molecule is C[C@@]12C(=O)N(c3cccc(Cl)c3)C(=O)N1CCc1c2[nH]c2ccccc12. The van der Waals surface area contributed by atoms with E-state index >= 15 is 0 Å². The molecule has 130 valence electrons. The third kappa shape index (κ3) is 1.81. The zero-order chi connectivity index (χ0) is 18.1. The monoisotopic (exact) mass is 365 g/mol. The van der Waals surface area contributed by atoms with Crippen molar-refractivity contribution in [3.05, 3.63) is 64.8 Å². The quantitative estimate of drug-likeness (QED) is 0.661. The first-order valence-electron chi connectivity index (χ1n) is 8.53. The fraction of sp³-hybridized carbons (Fsp3) is 0.200. The number of nitrogens with one attached hydrogen (secondary N) is 1. The number of H-pyrrole nitrogens is 1. The number of halogens is 1. The van der Waals surface area contributed by atoms with E-state index in [9.17, 15) is 9.59 Å². The first-order valence-corrected chi connectivity index (χ1v) is 8.91. The van der Waals surface area contributed by atoms with Crippen LogP contribution in [-0.4, -0.2) is 28.4 Å². The molecule has 1 saturated heterocycles. The van der Waals surface area contributed by atoms with Gasteiger partial charge in [0.1, 0.15) is 0 Å². The predicted octanol–water partition coefficient (Wildman–Crippen LogP) is 4.06. The van der Waals surface area contributed by atoms with Gasteiger partial charge < -0.3 is 9.88 Å². The molecule has 0 aliphatic carbocycles. The predicted molar refractivity (Wildman–Crippen MR) is 100 cm³/mol. The van der Waals surface area contributed by atoms with Crippen LogP contribution in [0, 0.1) is 0 Å². The lowest BCUT2D eigenvalue weighted by atomic mass is 9.87. The smallest absolute Gasteiger partial charge is 0.332 e. The minimum atomic E-state index is -1.04. The van der Waals surface area contributed by atoms with Crippen LogP contribution in [0.25, 0.3) is 10.9 Å². The van der Waals surface area contributed by atoms with Gasteiger partial charge in [-0.1, -0.05) is 35.9 Å². The van der Waals surface area contributed by atoms with Gasteiger partial charge in [0.15, 0.2) is 5.54 Å². The molecule has 0 radical (unpaired) electrons. The molecule has 6 heteroatoms. The summed E-state index contributed by atoms with van der Waals surface area (Å²) in [5, 5.41) is 1.61. The lowest BCUT2D eigenvalue weighted by molar-refractivity contribution is -0.125. The summed E-state index contributed by atoms with van der Waals surface area (Å²) in [6, 6.07) is 14.5. The van der Waals surface area contributed by atoms with E-state index in [0.717, 1.165) is 28.6 Å². The molecule has 2 aliphatic heterocycles. The van der Waals surface area contributed by atoms with Crippen LogP contribution in [-0.2, 0) is 16.8 Å². The first kappa shape index (κ1) is 15.5. The fourth-order valence-electron chi connectivity index (χ4n) is 4.23. The van der Waals surface area contributed by atoms with E-state index in [2.05, 4.69) is 11.1 Å². The van der Waals surface area contributed by atoms with Crippen molar-refractivity contribution in [3.8, 4) is 0 Å². The molecular weight excluding hydrogens is 350 g/mol.